The summed E-state index contributed by atoms with van der Waals surface area (Å²) in [6.07, 6.45) is 2.40. The van der Waals surface area contributed by atoms with Crippen LogP contribution >= 0.6 is 11.6 Å². The van der Waals surface area contributed by atoms with E-state index in [1.165, 1.54) is 6.26 Å². The number of ether oxygens (including phenoxy) is 2. The molecule has 2 aromatic rings. The highest BCUT2D eigenvalue weighted by Gasteiger charge is 2.18. The molecule has 0 amide bonds. The second kappa shape index (κ2) is 7.37. The maximum absolute atomic E-state index is 11.6. The molecule has 128 valence electrons. The Morgan fingerprint density at radius 3 is 2.54 bits per heavy atom. The normalized spacial score (nSPS) is 11.9. The van der Waals surface area contributed by atoms with Gasteiger partial charge in [0.1, 0.15) is 12.0 Å². The average molecular weight is 374 g/mol. The second-order valence-corrected chi connectivity index (χ2v) is 6.42. The van der Waals surface area contributed by atoms with Crippen molar-refractivity contribution in [2.24, 2.45) is 0 Å². The summed E-state index contributed by atoms with van der Waals surface area (Å²) in [6.45, 7) is 0. The van der Waals surface area contributed by atoms with Crippen LogP contribution in [-0.4, -0.2) is 32.7 Å². The van der Waals surface area contributed by atoms with Crippen molar-refractivity contribution in [2.45, 2.75) is 0 Å². The Labute approximate surface area is 142 Å². The van der Waals surface area contributed by atoms with E-state index in [0.717, 1.165) is 13.4 Å². The van der Waals surface area contributed by atoms with E-state index in [0.29, 0.717) is 22.5 Å². The summed E-state index contributed by atoms with van der Waals surface area (Å²) in [5.41, 5.74) is 1.13. The summed E-state index contributed by atoms with van der Waals surface area (Å²) in [5, 5.41) is 0.563. The molecule has 0 aliphatic rings. The molecule has 0 radical (unpaired) electrons. The number of esters is 1. The molecule has 0 aliphatic carbocycles. The minimum absolute atomic E-state index is 0.297. The number of nitrogens with zero attached hydrogens (tertiary/aromatic N) is 1. The van der Waals surface area contributed by atoms with Crippen LogP contribution in [0.25, 0.3) is 11.3 Å². The summed E-state index contributed by atoms with van der Waals surface area (Å²) in [7, 11) is -2.73. The Kier molecular flexibility index (Phi) is 5.47. The van der Waals surface area contributed by atoms with Crippen molar-refractivity contribution >= 4 is 27.7 Å². The molecule has 0 fully saturated rings. The van der Waals surface area contributed by atoms with Gasteiger partial charge in [0, 0.05) is 10.6 Å². The molecule has 0 spiro atoms. The van der Waals surface area contributed by atoms with Crippen LogP contribution < -0.4 is 4.74 Å². The van der Waals surface area contributed by atoms with Crippen LogP contribution in [0.1, 0.15) is 0 Å². The number of carbonyl (C=O) groups excluding carboxylic acids is 1. The number of hydrogen-bond acceptors (Lipinski definition) is 8. The van der Waals surface area contributed by atoms with Crippen LogP contribution in [0.3, 0.4) is 0 Å². The summed E-state index contributed by atoms with van der Waals surface area (Å²) in [5.74, 6) is -1.52. The van der Waals surface area contributed by atoms with Gasteiger partial charge in [-0.15, -0.1) is 0 Å². The molecule has 0 bridgehead atoms. The lowest BCUT2D eigenvalue weighted by atomic mass is 10.2. The summed E-state index contributed by atoms with van der Waals surface area (Å²) >= 11 is 5.81. The molecule has 0 unspecified atom stereocenters. The second-order valence-electron chi connectivity index (χ2n) is 4.38. The van der Waals surface area contributed by atoms with Gasteiger partial charge in [-0.05, 0) is 12.1 Å². The molecule has 10 heteroatoms. The third-order valence-corrected chi connectivity index (χ3v) is 3.23. The van der Waals surface area contributed by atoms with Gasteiger partial charge in [-0.3, -0.25) is 0 Å². The minimum Gasteiger partial charge on any atom is -0.463 e. The lowest BCUT2D eigenvalue weighted by molar-refractivity contribution is -0.139. The highest BCUT2D eigenvalue weighted by molar-refractivity contribution is 7.86. The molecule has 1 heterocycles. The van der Waals surface area contributed by atoms with Crippen LogP contribution in [-0.2, 0) is 23.8 Å². The van der Waals surface area contributed by atoms with Crippen molar-refractivity contribution in [3.63, 3.8) is 0 Å². The number of carbonyl (C=O) groups is 1. The molecule has 1 aromatic carbocycles. The van der Waals surface area contributed by atoms with Crippen molar-refractivity contribution in [1.29, 1.82) is 0 Å². The molecular formula is C14H12ClNO7S. The van der Waals surface area contributed by atoms with E-state index in [1.807, 2.05) is 0 Å². The average Bonchev–Trinajstić information content (AvgIpc) is 2.99. The van der Waals surface area contributed by atoms with Crippen LogP contribution in [0.4, 0.5) is 0 Å². The molecular weight excluding hydrogens is 362 g/mol. The Bertz CT molecular complexity index is 856. The first kappa shape index (κ1) is 17.8. The zero-order chi connectivity index (χ0) is 17.7. The molecule has 2 rings (SSSR count). The fourth-order valence-electron chi connectivity index (χ4n) is 1.50. The zero-order valence-corrected chi connectivity index (χ0v) is 14.1. The lowest BCUT2D eigenvalue weighted by Crippen LogP contribution is -2.12. The Morgan fingerprint density at radius 2 is 1.96 bits per heavy atom. The van der Waals surface area contributed by atoms with Crippen molar-refractivity contribution in [2.75, 3.05) is 13.4 Å². The fourth-order valence-corrected chi connectivity index (χ4v) is 1.89. The number of aromatic nitrogens is 1. The van der Waals surface area contributed by atoms with Crippen LogP contribution in [0, 0.1) is 0 Å². The minimum atomic E-state index is -3.82. The summed E-state index contributed by atoms with van der Waals surface area (Å²) < 4.78 is 41.0. The molecule has 0 saturated carbocycles. The van der Waals surface area contributed by atoms with E-state index >= 15 is 0 Å². The van der Waals surface area contributed by atoms with Gasteiger partial charge in [0.25, 0.3) is 5.76 Å². The smallest absolute Gasteiger partial charge is 0.400 e. The number of halogens is 1. The van der Waals surface area contributed by atoms with E-state index in [-0.39, 0.29) is 6.08 Å². The van der Waals surface area contributed by atoms with Crippen molar-refractivity contribution in [3.8, 4) is 17.3 Å². The first-order valence-electron chi connectivity index (χ1n) is 6.34. The number of hydrogen-bond donors (Lipinski definition) is 0. The number of oxazole rings is 1. The van der Waals surface area contributed by atoms with E-state index in [2.05, 4.69) is 13.9 Å². The Balaban J connectivity index is 2.21. The predicted molar refractivity (Wildman–Crippen MR) is 83.6 cm³/mol. The van der Waals surface area contributed by atoms with Crippen molar-refractivity contribution < 1.29 is 31.3 Å². The molecule has 0 atom stereocenters. The van der Waals surface area contributed by atoms with Gasteiger partial charge in [-0.1, -0.05) is 23.7 Å². The fraction of sp³-hybridized carbons (Fsp3) is 0.143. The van der Waals surface area contributed by atoms with Gasteiger partial charge < -0.3 is 18.1 Å². The lowest BCUT2D eigenvalue weighted by Gasteiger charge is -2.04. The molecule has 0 saturated heterocycles. The van der Waals surface area contributed by atoms with E-state index in [9.17, 15) is 13.2 Å². The molecule has 0 N–H and O–H groups in total. The number of rotatable bonds is 6. The topological polar surface area (TPSA) is 105 Å². The van der Waals surface area contributed by atoms with Gasteiger partial charge in [0.15, 0.2) is 6.26 Å². The van der Waals surface area contributed by atoms with Crippen LogP contribution in [0.2, 0.25) is 5.02 Å². The first-order valence-corrected chi connectivity index (χ1v) is 8.54. The largest absolute Gasteiger partial charge is 0.463 e. The standard InChI is InChI=1S/C14H12ClNO7S/c1-20-13(17)12(8-22-24(2,18)19)23-14-16-11(7-21-14)9-3-5-10(15)6-4-9/h3-8H,1-2H3. The Hall–Kier alpha value is -2.52. The number of methoxy groups -OCH3 is 1. The molecule has 1 aromatic heterocycles. The highest BCUT2D eigenvalue weighted by Crippen LogP contribution is 2.24. The van der Waals surface area contributed by atoms with E-state index < -0.39 is 21.8 Å². The van der Waals surface area contributed by atoms with Crippen LogP contribution in [0.5, 0.6) is 6.08 Å². The van der Waals surface area contributed by atoms with Crippen LogP contribution in [0.15, 0.2) is 47.0 Å². The molecule has 24 heavy (non-hydrogen) atoms. The van der Waals surface area contributed by atoms with Gasteiger partial charge in [-0.25, -0.2) is 4.79 Å². The number of benzene rings is 1. The van der Waals surface area contributed by atoms with E-state index in [4.69, 9.17) is 20.8 Å². The first-order chi connectivity index (χ1) is 11.3. The summed E-state index contributed by atoms with van der Waals surface area (Å²) in [6, 6.07) is 6.78. The quantitative estimate of drug-likeness (QED) is 0.329. The monoisotopic (exact) mass is 373 g/mol. The predicted octanol–water partition coefficient (Wildman–Crippen LogP) is 2.36. The third-order valence-electron chi connectivity index (χ3n) is 2.54. The molecule has 0 aliphatic heterocycles. The van der Waals surface area contributed by atoms with Gasteiger partial charge in [0.05, 0.1) is 13.4 Å². The van der Waals surface area contributed by atoms with Crippen molar-refractivity contribution in [1.82, 2.24) is 4.98 Å². The maximum Gasteiger partial charge on any atom is 0.400 e. The van der Waals surface area contributed by atoms with Gasteiger partial charge >= 0.3 is 22.2 Å². The van der Waals surface area contributed by atoms with Gasteiger partial charge in [-0.2, -0.15) is 13.4 Å². The highest BCUT2D eigenvalue weighted by atomic mass is 35.5. The zero-order valence-electron chi connectivity index (χ0n) is 12.6. The SMILES string of the molecule is COC(=O)C(=COS(C)(=O)=O)Oc1nc(-c2ccc(Cl)cc2)co1. The van der Waals surface area contributed by atoms with Gasteiger partial charge in [0.2, 0.25) is 0 Å². The van der Waals surface area contributed by atoms with Crippen molar-refractivity contribution in [3.05, 3.63) is 47.6 Å². The Morgan fingerprint density at radius 1 is 1.29 bits per heavy atom. The van der Waals surface area contributed by atoms with E-state index in [1.54, 1.807) is 24.3 Å². The third kappa shape index (κ3) is 5.00. The summed E-state index contributed by atoms with van der Waals surface area (Å²) in [4.78, 5) is 15.6. The maximum atomic E-state index is 11.6. The molecule has 8 nitrogen and oxygen atoms in total.